The fourth-order valence-corrected chi connectivity index (χ4v) is 4.15. The molecule has 0 spiro atoms. The Morgan fingerprint density at radius 1 is 1.07 bits per heavy atom. The van der Waals surface area contributed by atoms with Gasteiger partial charge in [0, 0.05) is 11.4 Å². The molecule has 3 rings (SSSR count). The van der Waals surface area contributed by atoms with Crippen molar-refractivity contribution in [3.63, 3.8) is 0 Å². The van der Waals surface area contributed by atoms with Crippen LogP contribution in [0.1, 0.15) is 27.4 Å². The van der Waals surface area contributed by atoms with Crippen molar-refractivity contribution in [2.75, 3.05) is 20.8 Å². The van der Waals surface area contributed by atoms with E-state index in [0.29, 0.717) is 18.7 Å². The molecule has 6 nitrogen and oxygen atoms in total. The summed E-state index contributed by atoms with van der Waals surface area (Å²) in [7, 11) is 1.98. The first-order valence-electron chi connectivity index (χ1n) is 9.53. The molecule has 1 aromatic heterocycles. The van der Waals surface area contributed by atoms with Gasteiger partial charge in [-0.2, -0.15) is 0 Å². The summed E-state index contributed by atoms with van der Waals surface area (Å²) in [6, 6.07) is 16.4. The van der Waals surface area contributed by atoms with Gasteiger partial charge in [-0.25, -0.2) is 0 Å². The Balaban J connectivity index is 1.56. The van der Waals surface area contributed by atoms with Crippen LogP contribution in [0.3, 0.4) is 0 Å². The van der Waals surface area contributed by atoms with Crippen molar-refractivity contribution in [1.29, 1.82) is 0 Å². The molecule has 2 aromatic carbocycles. The van der Waals surface area contributed by atoms with Crippen molar-refractivity contribution >= 4 is 16.7 Å². The van der Waals surface area contributed by atoms with E-state index in [4.69, 9.17) is 13.9 Å². The number of carbonyl (C=O) groups excluding carboxylic acids is 1. The SMILES string of the molecule is COc1ccc(OC)c(CCNC(=O)c2ccc(C[S@@](=O)c3cccc(C)c3)o2)c1. The smallest absolute Gasteiger partial charge is 0.287 e. The fourth-order valence-electron chi connectivity index (χ4n) is 3.02. The lowest BCUT2D eigenvalue weighted by Gasteiger charge is -2.10. The summed E-state index contributed by atoms with van der Waals surface area (Å²) in [6.07, 6.45) is 0.580. The average Bonchev–Trinajstić information content (AvgIpc) is 3.22. The fraction of sp³-hybridized carbons (Fsp3) is 0.261. The number of benzene rings is 2. The first-order chi connectivity index (χ1) is 14.5. The Morgan fingerprint density at radius 3 is 2.63 bits per heavy atom. The third kappa shape index (κ3) is 5.51. The Morgan fingerprint density at radius 2 is 1.90 bits per heavy atom. The number of furan rings is 1. The van der Waals surface area contributed by atoms with Crippen LogP contribution < -0.4 is 14.8 Å². The highest BCUT2D eigenvalue weighted by Gasteiger charge is 2.14. The molecule has 7 heteroatoms. The molecule has 0 aliphatic carbocycles. The third-order valence-electron chi connectivity index (χ3n) is 4.58. The molecule has 1 heterocycles. The Kier molecular flexibility index (Phi) is 7.30. The molecular formula is C23H25NO5S. The van der Waals surface area contributed by atoms with Gasteiger partial charge in [-0.05, 0) is 66.9 Å². The van der Waals surface area contributed by atoms with Crippen LogP contribution in [0.25, 0.3) is 0 Å². The standard InChI is InChI=1S/C23H25NO5S/c1-16-5-4-6-20(13-16)30(26)15-19-8-10-22(29-19)23(25)24-12-11-17-14-18(27-2)7-9-21(17)28-3/h4-10,13-14H,11-12,15H2,1-3H3,(H,24,25)/t30-/m1/s1. The monoisotopic (exact) mass is 427 g/mol. The second-order valence-electron chi connectivity index (χ2n) is 6.76. The van der Waals surface area contributed by atoms with Crippen LogP contribution in [0, 0.1) is 6.92 Å². The first kappa shape index (κ1) is 21.6. The van der Waals surface area contributed by atoms with E-state index < -0.39 is 10.8 Å². The Hall–Kier alpha value is -3.06. The Labute approximate surface area is 178 Å². The molecule has 0 saturated heterocycles. The highest BCUT2D eigenvalue weighted by molar-refractivity contribution is 7.84. The molecular weight excluding hydrogens is 402 g/mol. The number of hydrogen-bond donors (Lipinski definition) is 1. The molecule has 1 N–H and O–H groups in total. The van der Waals surface area contributed by atoms with Gasteiger partial charge in [-0.1, -0.05) is 12.1 Å². The minimum Gasteiger partial charge on any atom is -0.497 e. The van der Waals surface area contributed by atoms with Crippen molar-refractivity contribution in [2.24, 2.45) is 0 Å². The van der Waals surface area contributed by atoms with Crippen LogP contribution in [-0.4, -0.2) is 30.9 Å². The van der Waals surface area contributed by atoms with Gasteiger partial charge in [0.1, 0.15) is 17.3 Å². The molecule has 3 aromatic rings. The molecule has 158 valence electrons. The molecule has 0 fully saturated rings. The van der Waals surface area contributed by atoms with Gasteiger partial charge < -0.3 is 19.2 Å². The number of carbonyl (C=O) groups is 1. The van der Waals surface area contributed by atoms with E-state index in [1.165, 1.54) is 0 Å². The highest BCUT2D eigenvalue weighted by atomic mass is 32.2. The van der Waals surface area contributed by atoms with Crippen LogP contribution in [-0.2, 0) is 23.0 Å². The minimum absolute atomic E-state index is 0.198. The van der Waals surface area contributed by atoms with E-state index in [1.807, 2.05) is 49.4 Å². The number of aryl methyl sites for hydroxylation is 1. The van der Waals surface area contributed by atoms with Crippen LogP contribution >= 0.6 is 0 Å². The van der Waals surface area contributed by atoms with E-state index in [9.17, 15) is 9.00 Å². The lowest BCUT2D eigenvalue weighted by Crippen LogP contribution is -2.25. The molecule has 30 heavy (non-hydrogen) atoms. The lowest BCUT2D eigenvalue weighted by atomic mass is 10.1. The van der Waals surface area contributed by atoms with Gasteiger partial charge >= 0.3 is 0 Å². The molecule has 1 amide bonds. The normalized spacial score (nSPS) is 11.7. The zero-order valence-corrected chi connectivity index (χ0v) is 18.1. The van der Waals surface area contributed by atoms with Crippen LogP contribution in [0.5, 0.6) is 11.5 Å². The van der Waals surface area contributed by atoms with E-state index in [0.717, 1.165) is 27.5 Å². The van der Waals surface area contributed by atoms with Gasteiger partial charge in [0.05, 0.1) is 30.8 Å². The minimum atomic E-state index is -1.23. The predicted molar refractivity (Wildman–Crippen MR) is 116 cm³/mol. The third-order valence-corrected chi connectivity index (χ3v) is 5.91. The summed E-state index contributed by atoms with van der Waals surface area (Å²) in [5, 5.41) is 2.84. The van der Waals surface area contributed by atoms with Crippen LogP contribution in [0.4, 0.5) is 0 Å². The Bertz CT molecular complexity index is 1040. The number of ether oxygens (including phenoxy) is 2. The molecule has 0 aliphatic rings. The summed E-state index contributed by atoms with van der Waals surface area (Å²) in [5.74, 6) is 2.08. The van der Waals surface area contributed by atoms with E-state index in [2.05, 4.69) is 5.32 Å². The van der Waals surface area contributed by atoms with Crippen molar-refractivity contribution in [3.8, 4) is 11.5 Å². The van der Waals surface area contributed by atoms with E-state index in [-0.39, 0.29) is 17.4 Å². The van der Waals surface area contributed by atoms with Crippen molar-refractivity contribution in [3.05, 3.63) is 77.2 Å². The van der Waals surface area contributed by atoms with Crippen LogP contribution in [0.2, 0.25) is 0 Å². The molecule has 0 aliphatic heterocycles. The number of methoxy groups -OCH3 is 2. The largest absolute Gasteiger partial charge is 0.497 e. The van der Waals surface area contributed by atoms with E-state index in [1.54, 1.807) is 26.4 Å². The van der Waals surface area contributed by atoms with Crippen molar-refractivity contribution < 1.29 is 22.9 Å². The zero-order valence-electron chi connectivity index (χ0n) is 17.3. The maximum atomic E-state index is 12.5. The summed E-state index contributed by atoms with van der Waals surface area (Å²) in [5.41, 5.74) is 1.99. The molecule has 1 atom stereocenters. The van der Waals surface area contributed by atoms with Gasteiger partial charge in [-0.15, -0.1) is 0 Å². The van der Waals surface area contributed by atoms with Crippen molar-refractivity contribution in [2.45, 2.75) is 24.0 Å². The quantitative estimate of drug-likeness (QED) is 0.561. The zero-order chi connectivity index (χ0) is 21.5. The van der Waals surface area contributed by atoms with Gasteiger partial charge in [-0.3, -0.25) is 9.00 Å². The van der Waals surface area contributed by atoms with Gasteiger partial charge in [0.25, 0.3) is 5.91 Å². The maximum Gasteiger partial charge on any atom is 0.287 e. The highest BCUT2D eigenvalue weighted by Crippen LogP contribution is 2.24. The predicted octanol–water partition coefficient (Wildman–Crippen LogP) is 3.89. The summed E-state index contributed by atoms with van der Waals surface area (Å²) in [6.45, 7) is 2.37. The summed E-state index contributed by atoms with van der Waals surface area (Å²) >= 11 is 0. The number of nitrogens with one attached hydrogen (secondary N) is 1. The van der Waals surface area contributed by atoms with Crippen molar-refractivity contribution in [1.82, 2.24) is 5.32 Å². The van der Waals surface area contributed by atoms with Gasteiger partial charge in [0.15, 0.2) is 5.76 Å². The maximum absolute atomic E-state index is 12.5. The summed E-state index contributed by atoms with van der Waals surface area (Å²) < 4.78 is 28.7. The van der Waals surface area contributed by atoms with Gasteiger partial charge in [0.2, 0.25) is 0 Å². The average molecular weight is 428 g/mol. The number of rotatable bonds is 9. The topological polar surface area (TPSA) is 77.8 Å². The number of amides is 1. The van der Waals surface area contributed by atoms with Crippen LogP contribution in [0.15, 0.2) is 63.9 Å². The second kappa shape index (κ2) is 10.1. The molecule has 0 saturated carbocycles. The summed E-state index contributed by atoms with van der Waals surface area (Å²) in [4.78, 5) is 13.1. The molecule has 0 unspecified atom stereocenters. The number of hydrogen-bond acceptors (Lipinski definition) is 5. The first-order valence-corrected chi connectivity index (χ1v) is 10.8. The lowest BCUT2D eigenvalue weighted by molar-refractivity contribution is 0.0925. The molecule has 0 bridgehead atoms. The second-order valence-corrected chi connectivity index (χ2v) is 8.21. The van der Waals surface area contributed by atoms with E-state index >= 15 is 0 Å². The molecule has 0 radical (unpaired) electrons.